The van der Waals surface area contributed by atoms with E-state index in [-0.39, 0.29) is 0 Å². The number of rotatable bonds is 5. The van der Waals surface area contributed by atoms with Gasteiger partial charge in [0.1, 0.15) is 0 Å². The molecule has 0 saturated heterocycles. The molecule has 0 fully saturated rings. The normalized spacial score (nSPS) is 11.9. The van der Waals surface area contributed by atoms with Crippen molar-refractivity contribution in [3.8, 4) is 0 Å². The highest BCUT2D eigenvalue weighted by Crippen LogP contribution is 2.19. The minimum Gasteiger partial charge on any atom is -0.467 e. The average Bonchev–Trinajstić information content (AvgIpc) is 2.30. The van der Waals surface area contributed by atoms with Gasteiger partial charge in [0.2, 0.25) is 0 Å². The summed E-state index contributed by atoms with van der Waals surface area (Å²) < 4.78 is 10.2. The van der Waals surface area contributed by atoms with Crippen molar-refractivity contribution in [2.45, 2.75) is 13.0 Å². The van der Waals surface area contributed by atoms with E-state index in [1.54, 1.807) is 0 Å². The Kier molecular flexibility index (Phi) is 4.73. The Morgan fingerprint density at radius 2 is 2.00 bits per heavy atom. The van der Waals surface area contributed by atoms with Crippen molar-refractivity contribution in [1.82, 2.24) is 0 Å². The number of esters is 1. The van der Waals surface area contributed by atoms with Gasteiger partial charge in [-0.05, 0) is 12.5 Å². The van der Waals surface area contributed by atoms with Gasteiger partial charge >= 0.3 is 5.97 Å². The number of carbonyl (C=O) groups excluding carboxylic acids is 1. The maximum absolute atomic E-state index is 11.5. The average molecular weight is 220 g/mol. The Bertz CT molecular complexity index is 357. The molecule has 86 valence electrons. The molecule has 3 nitrogen and oxygen atoms in total. The van der Waals surface area contributed by atoms with Gasteiger partial charge < -0.3 is 9.47 Å². The van der Waals surface area contributed by atoms with Crippen molar-refractivity contribution in [1.29, 1.82) is 0 Å². The van der Waals surface area contributed by atoms with E-state index in [9.17, 15) is 4.79 Å². The topological polar surface area (TPSA) is 35.5 Å². The van der Waals surface area contributed by atoms with E-state index in [0.29, 0.717) is 6.61 Å². The summed E-state index contributed by atoms with van der Waals surface area (Å²) in [4.78, 5) is 11.5. The lowest BCUT2D eigenvalue weighted by Gasteiger charge is -2.15. The van der Waals surface area contributed by atoms with Crippen LogP contribution < -0.4 is 0 Å². The second-order valence-corrected chi connectivity index (χ2v) is 3.58. The molecule has 0 heterocycles. The van der Waals surface area contributed by atoms with E-state index in [0.717, 1.165) is 11.1 Å². The monoisotopic (exact) mass is 220 g/mol. The zero-order chi connectivity index (χ0) is 12.0. The molecule has 1 aromatic rings. The van der Waals surface area contributed by atoms with Crippen LogP contribution in [0, 0.1) is 0 Å². The predicted octanol–water partition coefficient (Wildman–Crippen LogP) is 2.49. The molecular formula is C13H16O3. The molecule has 0 aromatic heterocycles. The second kappa shape index (κ2) is 6.08. The molecule has 0 aliphatic carbocycles. The number of hydrogen-bond acceptors (Lipinski definition) is 3. The smallest absolute Gasteiger partial charge is 0.339 e. The third kappa shape index (κ3) is 3.51. The third-order valence-corrected chi connectivity index (χ3v) is 2.01. The van der Waals surface area contributed by atoms with Crippen molar-refractivity contribution in [2.24, 2.45) is 0 Å². The fraction of sp³-hybridized carbons (Fsp3) is 0.308. The van der Waals surface area contributed by atoms with E-state index in [4.69, 9.17) is 9.47 Å². The molecule has 3 heteroatoms. The van der Waals surface area contributed by atoms with Crippen LogP contribution in [0.15, 0.2) is 42.5 Å². The highest BCUT2D eigenvalue weighted by atomic mass is 16.6. The first-order valence-electron chi connectivity index (χ1n) is 5.04. The van der Waals surface area contributed by atoms with Crippen molar-refractivity contribution in [3.05, 3.63) is 48.0 Å². The Morgan fingerprint density at radius 1 is 1.38 bits per heavy atom. The summed E-state index contributed by atoms with van der Waals surface area (Å²) >= 11 is 0. The van der Waals surface area contributed by atoms with Gasteiger partial charge in [-0.3, -0.25) is 0 Å². The summed E-state index contributed by atoms with van der Waals surface area (Å²) in [7, 11) is 1.35. The quantitative estimate of drug-likeness (QED) is 0.565. The SMILES string of the molecule is C=C(C)CO[C@@H](C(=O)OC)c1ccccc1. The first kappa shape index (κ1) is 12.5. The Labute approximate surface area is 95.7 Å². The van der Waals surface area contributed by atoms with Crippen LogP contribution in [0.3, 0.4) is 0 Å². The lowest BCUT2D eigenvalue weighted by molar-refractivity contribution is -0.154. The molecule has 16 heavy (non-hydrogen) atoms. The molecule has 0 bridgehead atoms. The fourth-order valence-corrected chi connectivity index (χ4v) is 1.26. The lowest BCUT2D eigenvalue weighted by Crippen LogP contribution is -2.18. The van der Waals surface area contributed by atoms with Crippen molar-refractivity contribution < 1.29 is 14.3 Å². The third-order valence-electron chi connectivity index (χ3n) is 2.01. The van der Waals surface area contributed by atoms with Gasteiger partial charge in [-0.15, -0.1) is 0 Å². The maximum Gasteiger partial charge on any atom is 0.339 e. The first-order valence-corrected chi connectivity index (χ1v) is 5.04. The van der Waals surface area contributed by atoms with Crippen LogP contribution >= 0.6 is 0 Å². The summed E-state index contributed by atoms with van der Waals surface area (Å²) in [6.07, 6.45) is -0.678. The van der Waals surface area contributed by atoms with Gasteiger partial charge in [0, 0.05) is 0 Å². The molecule has 0 amide bonds. The van der Waals surface area contributed by atoms with E-state index in [1.165, 1.54) is 7.11 Å². The first-order chi connectivity index (χ1) is 7.65. The number of methoxy groups -OCH3 is 1. The van der Waals surface area contributed by atoms with Crippen molar-refractivity contribution in [2.75, 3.05) is 13.7 Å². The maximum atomic E-state index is 11.5. The highest BCUT2D eigenvalue weighted by molar-refractivity contribution is 5.76. The minimum absolute atomic E-state index is 0.342. The van der Waals surface area contributed by atoms with Crippen LogP contribution in [0.4, 0.5) is 0 Å². The molecule has 0 aliphatic heterocycles. The van der Waals surface area contributed by atoms with E-state index < -0.39 is 12.1 Å². The summed E-state index contributed by atoms with van der Waals surface area (Å²) in [6.45, 7) is 5.92. The zero-order valence-electron chi connectivity index (χ0n) is 9.60. The van der Waals surface area contributed by atoms with Gasteiger partial charge in [-0.25, -0.2) is 4.79 Å². The second-order valence-electron chi connectivity index (χ2n) is 3.58. The summed E-state index contributed by atoms with van der Waals surface area (Å²) in [5.41, 5.74) is 1.65. The van der Waals surface area contributed by atoms with Gasteiger partial charge in [-0.1, -0.05) is 42.5 Å². The Hall–Kier alpha value is -1.61. The van der Waals surface area contributed by atoms with Crippen LogP contribution in [-0.2, 0) is 14.3 Å². The molecule has 0 aliphatic rings. The largest absolute Gasteiger partial charge is 0.467 e. The van der Waals surface area contributed by atoms with Crippen LogP contribution in [0.1, 0.15) is 18.6 Å². The zero-order valence-corrected chi connectivity index (χ0v) is 9.60. The predicted molar refractivity (Wildman–Crippen MR) is 62.0 cm³/mol. The number of carbonyl (C=O) groups is 1. The van der Waals surface area contributed by atoms with Gasteiger partial charge in [0.15, 0.2) is 6.10 Å². The highest BCUT2D eigenvalue weighted by Gasteiger charge is 2.21. The molecule has 0 saturated carbocycles. The van der Waals surface area contributed by atoms with E-state index in [1.807, 2.05) is 37.3 Å². The number of hydrogen-bond donors (Lipinski definition) is 0. The van der Waals surface area contributed by atoms with Crippen LogP contribution in [-0.4, -0.2) is 19.7 Å². The van der Waals surface area contributed by atoms with Crippen molar-refractivity contribution >= 4 is 5.97 Å². The van der Waals surface area contributed by atoms with E-state index >= 15 is 0 Å². The van der Waals surface area contributed by atoms with E-state index in [2.05, 4.69) is 6.58 Å². The summed E-state index contributed by atoms with van der Waals surface area (Å²) in [6, 6.07) is 9.27. The molecule has 1 rings (SSSR count). The standard InChI is InChI=1S/C13H16O3/c1-10(2)9-16-12(13(14)15-3)11-7-5-4-6-8-11/h4-8,12H,1,9H2,2-3H3/t12-/m1/s1. The minimum atomic E-state index is -0.678. The summed E-state index contributed by atoms with van der Waals surface area (Å²) in [5.74, 6) is -0.396. The molecule has 0 radical (unpaired) electrons. The molecule has 1 aromatic carbocycles. The van der Waals surface area contributed by atoms with Crippen LogP contribution in [0.25, 0.3) is 0 Å². The number of benzene rings is 1. The number of ether oxygens (including phenoxy) is 2. The molecule has 0 N–H and O–H groups in total. The summed E-state index contributed by atoms with van der Waals surface area (Å²) in [5, 5.41) is 0. The van der Waals surface area contributed by atoms with Crippen LogP contribution in [0.2, 0.25) is 0 Å². The molecule has 1 atom stereocenters. The van der Waals surface area contributed by atoms with Gasteiger partial charge in [-0.2, -0.15) is 0 Å². The van der Waals surface area contributed by atoms with Crippen LogP contribution in [0.5, 0.6) is 0 Å². The molecule has 0 unspecified atom stereocenters. The van der Waals surface area contributed by atoms with Gasteiger partial charge in [0.25, 0.3) is 0 Å². The van der Waals surface area contributed by atoms with Crippen molar-refractivity contribution in [3.63, 3.8) is 0 Å². The Balaban J connectivity index is 2.79. The lowest BCUT2D eigenvalue weighted by atomic mass is 10.1. The van der Waals surface area contributed by atoms with Gasteiger partial charge in [0.05, 0.1) is 13.7 Å². The molecular weight excluding hydrogens is 204 g/mol. The Morgan fingerprint density at radius 3 is 2.50 bits per heavy atom. The molecule has 0 spiro atoms. The fourth-order valence-electron chi connectivity index (χ4n) is 1.26.